The Labute approximate surface area is 331 Å². The van der Waals surface area contributed by atoms with Crippen molar-refractivity contribution < 1.29 is 0 Å². The molecule has 9 aromatic carbocycles. The summed E-state index contributed by atoms with van der Waals surface area (Å²) in [7, 11) is 0. The summed E-state index contributed by atoms with van der Waals surface area (Å²) >= 11 is 0. The summed E-state index contributed by atoms with van der Waals surface area (Å²) in [5.74, 6) is 0. The first kappa shape index (κ1) is 32.8. The van der Waals surface area contributed by atoms with Crippen LogP contribution in [0.4, 0.5) is 0 Å². The van der Waals surface area contributed by atoms with Gasteiger partial charge in [0.2, 0.25) is 0 Å². The summed E-state index contributed by atoms with van der Waals surface area (Å²) in [5, 5.41) is 7.40. The summed E-state index contributed by atoms with van der Waals surface area (Å²) in [6.45, 7) is 0. The van der Waals surface area contributed by atoms with Gasteiger partial charge in [0.25, 0.3) is 0 Å². The predicted molar refractivity (Wildman–Crippen MR) is 241 cm³/mol. The van der Waals surface area contributed by atoms with Crippen LogP contribution in [0.25, 0.3) is 105 Å². The zero-order chi connectivity index (χ0) is 37.7. The highest BCUT2D eigenvalue weighted by Gasteiger charge is 2.18. The fourth-order valence-electron chi connectivity index (χ4n) is 8.79. The highest BCUT2D eigenvalue weighted by molar-refractivity contribution is 6.22. The third-order valence-corrected chi connectivity index (χ3v) is 11.4. The van der Waals surface area contributed by atoms with Gasteiger partial charge in [-0.2, -0.15) is 0 Å². The minimum absolute atomic E-state index is 0.970. The number of pyridine rings is 1. The average molecular weight is 725 g/mol. The fourth-order valence-corrected chi connectivity index (χ4v) is 8.79. The molecule has 0 N–H and O–H groups in total. The zero-order valence-electron chi connectivity index (χ0n) is 31.2. The molecular weight excluding hydrogens is 689 g/mol. The lowest BCUT2D eigenvalue weighted by atomic mass is 9.85. The highest BCUT2D eigenvalue weighted by atomic mass is 15.0. The van der Waals surface area contributed by atoms with Gasteiger partial charge in [-0.05, 0) is 126 Å². The molecular formula is C55H36N2. The Morgan fingerprint density at radius 2 is 0.737 bits per heavy atom. The van der Waals surface area contributed by atoms with Gasteiger partial charge < -0.3 is 0 Å². The number of rotatable bonds is 6. The summed E-state index contributed by atoms with van der Waals surface area (Å²) in [6.07, 6.45) is 1.88. The molecule has 2 aromatic heterocycles. The smallest absolute Gasteiger partial charge is 0.145 e. The van der Waals surface area contributed by atoms with E-state index in [2.05, 4.69) is 211 Å². The lowest BCUT2D eigenvalue weighted by Gasteiger charge is -2.18. The molecule has 0 aliphatic carbocycles. The molecule has 0 unspecified atom stereocenters. The van der Waals surface area contributed by atoms with Crippen molar-refractivity contribution in [3.05, 3.63) is 219 Å². The van der Waals surface area contributed by atoms with Crippen LogP contribution in [0.2, 0.25) is 0 Å². The topological polar surface area (TPSA) is 17.8 Å². The van der Waals surface area contributed by atoms with Gasteiger partial charge in [0.15, 0.2) is 0 Å². The van der Waals surface area contributed by atoms with Crippen LogP contribution in [0.5, 0.6) is 0 Å². The van der Waals surface area contributed by atoms with Crippen molar-refractivity contribution in [2.75, 3.05) is 0 Å². The summed E-state index contributed by atoms with van der Waals surface area (Å²) in [5.41, 5.74) is 15.4. The Kier molecular flexibility index (Phi) is 7.86. The maximum atomic E-state index is 4.80. The third-order valence-electron chi connectivity index (χ3n) is 11.4. The van der Waals surface area contributed by atoms with E-state index >= 15 is 0 Å². The van der Waals surface area contributed by atoms with E-state index in [1.807, 2.05) is 12.3 Å². The summed E-state index contributed by atoms with van der Waals surface area (Å²) in [4.78, 5) is 4.80. The van der Waals surface area contributed by atoms with Gasteiger partial charge in [-0.1, -0.05) is 164 Å². The first-order valence-electron chi connectivity index (χ1n) is 19.5. The van der Waals surface area contributed by atoms with Crippen LogP contribution in [0.15, 0.2) is 219 Å². The maximum absolute atomic E-state index is 4.80. The Bertz CT molecular complexity index is 3250. The van der Waals surface area contributed by atoms with Crippen LogP contribution in [-0.2, 0) is 0 Å². The molecule has 266 valence electrons. The molecule has 0 fully saturated rings. The van der Waals surface area contributed by atoms with Crippen molar-refractivity contribution in [3.63, 3.8) is 0 Å². The third kappa shape index (κ3) is 5.61. The Hall–Kier alpha value is -7.55. The molecule has 0 spiro atoms. The van der Waals surface area contributed by atoms with Crippen LogP contribution in [0.3, 0.4) is 0 Å². The normalized spacial score (nSPS) is 11.5. The van der Waals surface area contributed by atoms with Crippen LogP contribution in [0.1, 0.15) is 0 Å². The second-order valence-electron chi connectivity index (χ2n) is 14.7. The van der Waals surface area contributed by atoms with Gasteiger partial charge >= 0.3 is 0 Å². The molecule has 0 atom stereocenters. The van der Waals surface area contributed by atoms with Crippen molar-refractivity contribution in [3.8, 4) is 61.3 Å². The van der Waals surface area contributed by atoms with Crippen molar-refractivity contribution in [2.24, 2.45) is 0 Å². The quantitative estimate of drug-likeness (QED) is 0.156. The number of fused-ring (bicyclic) bond motifs is 5. The first-order valence-corrected chi connectivity index (χ1v) is 19.5. The number of hydrogen-bond acceptors (Lipinski definition) is 1. The molecule has 2 nitrogen and oxygen atoms in total. The Morgan fingerprint density at radius 1 is 0.281 bits per heavy atom. The van der Waals surface area contributed by atoms with Crippen LogP contribution in [-0.4, -0.2) is 9.55 Å². The van der Waals surface area contributed by atoms with Crippen molar-refractivity contribution in [1.82, 2.24) is 9.55 Å². The van der Waals surface area contributed by atoms with Gasteiger partial charge in [-0.15, -0.1) is 0 Å². The SMILES string of the molecule is c1ccc(-c2c3ccccc3c(-c3ccccc3)c3cc(-c4ccc(-c5cccc(-c6ccc7c(c6)c6cccnc6n7-c6ccccc6)c5)cc4)ccc23)cc1. The van der Waals surface area contributed by atoms with Crippen LogP contribution < -0.4 is 0 Å². The Balaban J connectivity index is 0.988. The summed E-state index contributed by atoms with van der Waals surface area (Å²) < 4.78 is 2.26. The monoisotopic (exact) mass is 724 g/mol. The average Bonchev–Trinajstić information content (AvgIpc) is 3.62. The molecule has 2 heterocycles. The molecule has 0 radical (unpaired) electrons. The molecule has 0 aliphatic rings. The lowest BCUT2D eigenvalue weighted by molar-refractivity contribution is 1.14. The molecule has 0 saturated heterocycles. The van der Waals surface area contributed by atoms with E-state index in [9.17, 15) is 0 Å². The first-order chi connectivity index (χ1) is 28.3. The van der Waals surface area contributed by atoms with Crippen molar-refractivity contribution in [2.45, 2.75) is 0 Å². The van der Waals surface area contributed by atoms with Gasteiger partial charge in [-0.3, -0.25) is 4.57 Å². The Morgan fingerprint density at radius 3 is 1.40 bits per heavy atom. The van der Waals surface area contributed by atoms with Gasteiger partial charge in [0, 0.05) is 22.7 Å². The molecule has 2 heteroatoms. The molecule has 0 saturated carbocycles. The second kappa shape index (κ2) is 13.6. The predicted octanol–water partition coefficient (Wildman–Crippen LogP) is 14.8. The van der Waals surface area contributed by atoms with E-state index < -0.39 is 0 Å². The van der Waals surface area contributed by atoms with Gasteiger partial charge in [0.1, 0.15) is 5.65 Å². The number of nitrogens with zero attached hydrogens (tertiary/aromatic N) is 2. The maximum Gasteiger partial charge on any atom is 0.145 e. The van der Waals surface area contributed by atoms with E-state index in [1.54, 1.807) is 0 Å². The fraction of sp³-hybridized carbons (Fsp3) is 0. The van der Waals surface area contributed by atoms with E-state index in [1.165, 1.54) is 82.6 Å². The molecule has 0 amide bonds. The molecule has 11 aromatic rings. The molecule has 11 rings (SSSR count). The van der Waals surface area contributed by atoms with Crippen LogP contribution >= 0.6 is 0 Å². The lowest BCUT2D eigenvalue weighted by Crippen LogP contribution is -1.94. The number of aromatic nitrogens is 2. The molecule has 57 heavy (non-hydrogen) atoms. The summed E-state index contributed by atoms with van der Waals surface area (Å²) in [6, 6.07) is 76.9. The largest absolute Gasteiger partial charge is 0.294 e. The number of para-hydroxylation sites is 1. The van der Waals surface area contributed by atoms with E-state index in [0.717, 1.165) is 22.2 Å². The van der Waals surface area contributed by atoms with Crippen LogP contribution in [0, 0.1) is 0 Å². The highest BCUT2D eigenvalue weighted by Crippen LogP contribution is 2.45. The number of hydrogen-bond donors (Lipinski definition) is 0. The minimum atomic E-state index is 0.970. The zero-order valence-corrected chi connectivity index (χ0v) is 31.2. The van der Waals surface area contributed by atoms with Gasteiger partial charge in [0.05, 0.1) is 5.52 Å². The van der Waals surface area contributed by atoms with E-state index in [-0.39, 0.29) is 0 Å². The molecule has 0 aliphatic heterocycles. The van der Waals surface area contributed by atoms with Gasteiger partial charge in [-0.25, -0.2) is 4.98 Å². The molecule has 0 bridgehead atoms. The second-order valence-corrected chi connectivity index (χ2v) is 14.7. The standard InChI is InChI=1S/C55H36N2/c1-4-14-39(15-5-1)53-46-22-10-11-23-47(46)54(40-16-6-2-7-17-40)51-36-43(29-31-48(51)53)38-27-25-37(26-28-38)41-18-12-19-42(34-41)44-30-32-52-50(35-44)49-24-13-33-56-55(49)57(52)45-20-8-3-9-21-45/h1-36H. The van der Waals surface area contributed by atoms with Crippen molar-refractivity contribution >= 4 is 43.5 Å². The van der Waals surface area contributed by atoms with E-state index in [4.69, 9.17) is 4.98 Å². The van der Waals surface area contributed by atoms with Crippen molar-refractivity contribution in [1.29, 1.82) is 0 Å². The minimum Gasteiger partial charge on any atom is -0.294 e. The van der Waals surface area contributed by atoms with E-state index in [0.29, 0.717) is 0 Å². The number of benzene rings is 9.